The Labute approximate surface area is 143 Å². The maximum absolute atomic E-state index is 11.5. The van der Waals surface area contributed by atoms with Crippen molar-refractivity contribution >= 4 is 23.1 Å². The van der Waals surface area contributed by atoms with Crippen LogP contribution in [0.4, 0.5) is 11.5 Å². The number of azo groups is 1. The number of hydrogen-bond donors (Lipinski definition) is 1. The zero-order valence-corrected chi connectivity index (χ0v) is 13.9. The molecule has 128 valence electrons. The normalized spacial score (nSPS) is 11.2. The van der Waals surface area contributed by atoms with E-state index in [1.54, 1.807) is 41.8 Å². The summed E-state index contributed by atoms with van der Waals surface area (Å²) in [6, 6.07) is 10.4. The molecule has 0 aliphatic rings. The van der Waals surface area contributed by atoms with E-state index in [1.807, 2.05) is 13.0 Å². The predicted octanol–water partition coefficient (Wildman–Crippen LogP) is 3.77. The van der Waals surface area contributed by atoms with Crippen molar-refractivity contribution in [2.75, 3.05) is 14.2 Å². The quantitative estimate of drug-likeness (QED) is 0.713. The number of methoxy groups -OCH3 is 2. The number of ether oxygens (including phenoxy) is 2. The lowest BCUT2D eigenvalue weighted by molar-refractivity contribution is 0.0692. The van der Waals surface area contributed by atoms with Crippen LogP contribution in [-0.4, -0.2) is 34.7 Å². The Hall–Kier alpha value is -3.42. The summed E-state index contributed by atoms with van der Waals surface area (Å²) in [5.74, 6) is 0.0652. The number of hydrogen-bond acceptors (Lipinski definition) is 6. The highest BCUT2D eigenvalue weighted by Crippen LogP contribution is 2.33. The maximum atomic E-state index is 11.5. The van der Waals surface area contributed by atoms with E-state index in [4.69, 9.17) is 9.47 Å². The standard InChI is InChI=1S/C17H16N4O4/c1-10-5-4-6-14-18-15(17(22)23)16(21(10)14)20-19-12-8-7-11(24-2)9-13(12)25-3/h4-9H,1-3H3,(H,22,23). The fourth-order valence-corrected chi connectivity index (χ4v) is 2.44. The van der Waals surface area contributed by atoms with Crippen molar-refractivity contribution in [3.63, 3.8) is 0 Å². The van der Waals surface area contributed by atoms with Crippen molar-refractivity contribution in [2.45, 2.75) is 6.92 Å². The highest BCUT2D eigenvalue weighted by atomic mass is 16.5. The second-order valence-corrected chi connectivity index (χ2v) is 5.19. The molecule has 0 radical (unpaired) electrons. The Morgan fingerprint density at radius 3 is 2.64 bits per heavy atom. The Kier molecular flexibility index (Phi) is 4.34. The van der Waals surface area contributed by atoms with Gasteiger partial charge in [-0.25, -0.2) is 9.78 Å². The first-order valence-corrected chi connectivity index (χ1v) is 7.40. The highest BCUT2D eigenvalue weighted by molar-refractivity contribution is 5.91. The van der Waals surface area contributed by atoms with E-state index in [0.29, 0.717) is 22.8 Å². The first-order valence-electron chi connectivity index (χ1n) is 7.40. The summed E-state index contributed by atoms with van der Waals surface area (Å²) in [5.41, 5.74) is 1.58. The number of carboxylic acid groups (broad SMARTS) is 1. The number of carbonyl (C=O) groups is 1. The number of aromatic carboxylic acids is 1. The summed E-state index contributed by atoms with van der Waals surface area (Å²) in [4.78, 5) is 15.6. The third-order valence-electron chi connectivity index (χ3n) is 3.66. The van der Waals surface area contributed by atoms with E-state index in [9.17, 15) is 9.90 Å². The van der Waals surface area contributed by atoms with Crippen LogP contribution in [0.5, 0.6) is 11.5 Å². The van der Waals surface area contributed by atoms with Crippen molar-refractivity contribution in [3.05, 3.63) is 47.8 Å². The average molecular weight is 340 g/mol. The number of aryl methyl sites for hydroxylation is 1. The van der Waals surface area contributed by atoms with Crippen molar-refractivity contribution < 1.29 is 19.4 Å². The van der Waals surface area contributed by atoms with Crippen molar-refractivity contribution in [3.8, 4) is 11.5 Å². The fraction of sp³-hybridized carbons (Fsp3) is 0.176. The first-order chi connectivity index (χ1) is 12.0. The van der Waals surface area contributed by atoms with Crippen LogP contribution in [0.15, 0.2) is 46.6 Å². The predicted molar refractivity (Wildman–Crippen MR) is 90.6 cm³/mol. The van der Waals surface area contributed by atoms with Crippen LogP contribution >= 0.6 is 0 Å². The van der Waals surface area contributed by atoms with Gasteiger partial charge in [0.1, 0.15) is 22.8 Å². The zero-order valence-electron chi connectivity index (χ0n) is 13.9. The van der Waals surface area contributed by atoms with Crippen LogP contribution in [0.25, 0.3) is 5.65 Å². The minimum atomic E-state index is -1.17. The van der Waals surface area contributed by atoms with Crippen molar-refractivity contribution in [1.29, 1.82) is 0 Å². The summed E-state index contributed by atoms with van der Waals surface area (Å²) >= 11 is 0. The molecular formula is C17H16N4O4. The summed E-state index contributed by atoms with van der Waals surface area (Å²) in [7, 11) is 3.06. The molecule has 3 rings (SSSR count). The lowest BCUT2D eigenvalue weighted by atomic mass is 10.3. The Bertz CT molecular complexity index is 978. The van der Waals surface area contributed by atoms with Gasteiger partial charge in [0.25, 0.3) is 0 Å². The first kappa shape index (κ1) is 16.4. The Balaban J connectivity index is 2.13. The molecule has 0 spiro atoms. The molecule has 3 aromatic rings. The van der Waals surface area contributed by atoms with Gasteiger partial charge in [-0.1, -0.05) is 6.07 Å². The van der Waals surface area contributed by atoms with Gasteiger partial charge in [0, 0.05) is 11.8 Å². The summed E-state index contributed by atoms with van der Waals surface area (Å²) in [6.45, 7) is 1.84. The SMILES string of the molecule is COc1ccc(N=Nc2c(C(=O)O)nc3cccc(C)n23)c(OC)c1. The molecule has 0 saturated carbocycles. The number of fused-ring (bicyclic) bond motifs is 1. The lowest BCUT2D eigenvalue weighted by Gasteiger charge is -2.06. The van der Waals surface area contributed by atoms with Gasteiger partial charge in [0.15, 0.2) is 11.5 Å². The van der Waals surface area contributed by atoms with Crippen LogP contribution < -0.4 is 9.47 Å². The van der Waals surface area contributed by atoms with Gasteiger partial charge in [-0.05, 0) is 31.2 Å². The second-order valence-electron chi connectivity index (χ2n) is 5.19. The maximum Gasteiger partial charge on any atom is 0.358 e. The van der Waals surface area contributed by atoms with E-state index in [0.717, 1.165) is 5.69 Å². The topological polar surface area (TPSA) is 97.8 Å². The minimum Gasteiger partial charge on any atom is -0.497 e. The Morgan fingerprint density at radius 1 is 1.16 bits per heavy atom. The number of nitrogens with zero attached hydrogens (tertiary/aromatic N) is 4. The van der Waals surface area contributed by atoms with Crippen LogP contribution in [0.1, 0.15) is 16.2 Å². The van der Waals surface area contributed by atoms with Gasteiger partial charge in [-0.3, -0.25) is 4.40 Å². The zero-order chi connectivity index (χ0) is 18.0. The molecule has 0 saturated heterocycles. The van der Waals surface area contributed by atoms with E-state index >= 15 is 0 Å². The average Bonchev–Trinajstić information content (AvgIpc) is 3.00. The van der Waals surface area contributed by atoms with Gasteiger partial charge in [-0.2, -0.15) is 0 Å². The number of imidazole rings is 1. The number of rotatable bonds is 5. The van der Waals surface area contributed by atoms with Crippen LogP contribution in [0, 0.1) is 6.92 Å². The number of pyridine rings is 1. The second kappa shape index (κ2) is 6.60. The molecule has 1 aromatic carbocycles. The summed E-state index contributed by atoms with van der Waals surface area (Å²) in [6.07, 6.45) is 0. The van der Waals surface area contributed by atoms with E-state index in [2.05, 4.69) is 15.2 Å². The third kappa shape index (κ3) is 3.01. The van der Waals surface area contributed by atoms with Crippen LogP contribution in [0.3, 0.4) is 0 Å². The molecule has 1 N–H and O–H groups in total. The molecule has 0 atom stereocenters. The van der Waals surface area contributed by atoms with Gasteiger partial charge in [-0.15, -0.1) is 10.2 Å². The highest BCUT2D eigenvalue weighted by Gasteiger charge is 2.19. The summed E-state index contributed by atoms with van der Waals surface area (Å²) in [5, 5.41) is 17.7. The molecule has 0 bridgehead atoms. The largest absolute Gasteiger partial charge is 0.497 e. The van der Waals surface area contributed by atoms with Gasteiger partial charge in [0.2, 0.25) is 0 Å². The van der Waals surface area contributed by atoms with Crippen molar-refractivity contribution in [2.24, 2.45) is 10.2 Å². The molecule has 0 fully saturated rings. The molecule has 8 nitrogen and oxygen atoms in total. The molecule has 0 aliphatic carbocycles. The van der Waals surface area contributed by atoms with Crippen molar-refractivity contribution in [1.82, 2.24) is 9.38 Å². The van der Waals surface area contributed by atoms with Crippen LogP contribution in [-0.2, 0) is 0 Å². The van der Waals surface area contributed by atoms with E-state index in [1.165, 1.54) is 7.11 Å². The molecule has 25 heavy (non-hydrogen) atoms. The molecular weight excluding hydrogens is 324 g/mol. The van der Waals surface area contributed by atoms with E-state index in [-0.39, 0.29) is 11.5 Å². The Morgan fingerprint density at radius 2 is 1.96 bits per heavy atom. The molecule has 0 unspecified atom stereocenters. The van der Waals surface area contributed by atoms with Crippen LogP contribution in [0.2, 0.25) is 0 Å². The summed E-state index contributed by atoms with van der Waals surface area (Å²) < 4.78 is 12.1. The minimum absolute atomic E-state index is 0.151. The smallest absolute Gasteiger partial charge is 0.358 e. The monoisotopic (exact) mass is 340 g/mol. The molecule has 0 aliphatic heterocycles. The molecule has 2 aromatic heterocycles. The lowest BCUT2D eigenvalue weighted by Crippen LogP contribution is -1.97. The molecule has 0 amide bonds. The molecule has 2 heterocycles. The van der Waals surface area contributed by atoms with Gasteiger partial charge >= 0.3 is 5.97 Å². The van der Waals surface area contributed by atoms with Gasteiger partial charge < -0.3 is 14.6 Å². The van der Waals surface area contributed by atoms with E-state index < -0.39 is 5.97 Å². The third-order valence-corrected chi connectivity index (χ3v) is 3.66. The number of carboxylic acids is 1. The number of benzene rings is 1. The molecule has 8 heteroatoms. The van der Waals surface area contributed by atoms with Gasteiger partial charge in [0.05, 0.1) is 14.2 Å². The fourth-order valence-electron chi connectivity index (χ4n) is 2.44. The number of aromatic nitrogens is 2.